The molecule has 1 aliphatic heterocycles. The first-order valence-corrected chi connectivity index (χ1v) is 15.4. The number of fused-ring (bicyclic) bond motifs is 3. The Hall–Kier alpha value is -4.13. The zero-order chi connectivity index (χ0) is 30.6. The first kappa shape index (κ1) is 30.3. The zero-order valence-corrected chi connectivity index (χ0v) is 25.6. The number of hydrogen-bond donors (Lipinski definition) is 1. The first-order chi connectivity index (χ1) is 20.7. The molecule has 2 aliphatic rings. The number of anilines is 1. The molecule has 2 amide bonds. The highest BCUT2D eigenvalue weighted by molar-refractivity contribution is 6.08. The van der Waals surface area contributed by atoms with Crippen molar-refractivity contribution in [2.75, 3.05) is 4.90 Å². The molecule has 226 valence electrons. The average Bonchev–Trinajstić information content (AvgIpc) is 2.98. The number of amides is 2. The molecular formula is C36H42N2O5. The molecule has 1 heterocycles. The molecule has 1 N–H and O–H groups in total. The summed E-state index contributed by atoms with van der Waals surface area (Å²) in [5.41, 5.74) is 2.57. The Morgan fingerprint density at radius 2 is 1.70 bits per heavy atom. The predicted octanol–water partition coefficient (Wildman–Crippen LogP) is 6.98. The van der Waals surface area contributed by atoms with Crippen LogP contribution in [0.5, 0.6) is 11.5 Å². The van der Waals surface area contributed by atoms with Gasteiger partial charge in [0.1, 0.15) is 11.5 Å². The summed E-state index contributed by atoms with van der Waals surface area (Å²) in [6, 6.07) is 22.9. The number of nitrogens with one attached hydrogen (secondary N) is 1. The second kappa shape index (κ2) is 13.0. The van der Waals surface area contributed by atoms with Crippen molar-refractivity contribution in [2.45, 2.75) is 96.2 Å². The van der Waals surface area contributed by atoms with Crippen LogP contribution in [0.4, 0.5) is 5.69 Å². The van der Waals surface area contributed by atoms with Crippen molar-refractivity contribution in [1.82, 2.24) is 5.32 Å². The van der Waals surface area contributed by atoms with E-state index in [-0.39, 0.29) is 29.9 Å². The van der Waals surface area contributed by atoms with Gasteiger partial charge in [0.05, 0.1) is 23.4 Å². The van der Waals surface area contributed by atoms with Gasteiger partial charge < -0.3 is 19.7 Å². The fourth-order valence-electron chi connectivity index (χ4n) is 7.10. The van der Waals surface area contributed by atoms with Gasteiger partial charge >= 0.3 is 5.97 Å². The van der Waals surface area contributed by atoms with Gasteiger partial charge in [-0.25, -0.2) is 0 Å². The van der Waals surface area contributed by atoms with Crippen LogP contribution in [0.25, 0.3) is 0 Å². The highest BCUT2D eigenvalue weighted by atomic mass is 16.5. The molecule has 3 aromatic rings. The van der Waals surface area contributed by atoms with Crippen LogP contribution < -0.4 is 19.7 Å². The second-order valence-corrected chi connectivity index (χ2v) is 12.0. The molecule has 43 heavy (non-hydrogen) atoms. The Morgan fingerprint density at radius 3 is 2.37 bits per heavy atom. The molecule has 0 saturated heterocycles. The minimum absolute atomic E-state index is 0.0978. The van der Waals surface area contributed by atoms with E-state index in [9.17, 15) is 14.4 Å². The van der Waals surface area contributed by atoms with Crippen molar-refractivity contribution in [3.63, 3.8) is 0 Å². The van der Waals surface area contributed by atoms with E-state index in [4.69, 9.17) is 9.47 Å². The van der Waals surface area contributed by atoms with Crippen molar-refractivity contribution >= 4 is 23.5 Å². The number of nitrogens with zero attached hydrogens (tertiary/aromatic N) is 1. The van der Waals surface area contributed by atoms with Crippen LogP contribution in [0.1, 0.15) is 93.6 Å². The van der Waals surface area contributed by atoms with E-state index in [0.717, 1.165) is 44.1 Å². The summed E-state index contributed by atoms with van der Waals surface area (Å²) in [5, 5.41) is 3.28. The summed E-state index contributed by atoms with van der Waals surface area (Å²) in [7, 11) is 0. The normalized spacial score (nSPS) is 21.6. The molecule has 1 saturated carbocycles. The van der Waals surface area contributed by atoms with Crippen molar-refractivity contribution in [2.24, 2.45) is 0 Å². The molecule has 7 heteroatoms. The van der Waals surface area contributed by atoms with E-state index >= 15 is 0 Å². The summed E-state index contributed by atoms with van der Waals surface area (Å²) in [6.45, 7) is 6.96. The lowest BCUT2D eigenvalue weighted by molar-refractivity contribution is -0.132. The minimum Gasteiger partial charge on any atom is -0.491 e. The minimum atomic E-state index is -0.705. The second-order valence-electron chi connectivity index (χ2n) is 12.0. The Balaban J connectivity index is 1.57. The van der Waals surface area contributed by atoms with Gasteiger partial charge in [0.25, 0.3) is 5.91 Å². The lowest BCUT2D eigenvalue weighted by Gasteiger charge is -2.56. The maximum atomic E-state index is 14.3. The summed E-state index contributed by atoms with van der Waals surface area (Å²) in [5.74, 6) is 0.0222. The third kappa shape index (κ3) is 6.46. The van der Waals surface area contributed by atoms with Crippen LogP contribution in [0.15, 0.2) is 72.8 Å². The summed E-state index contributed by atoms with van der Waals surface area (Å²) >= 11 is 0. The van der Waals surface area contributed by atoms with E-state index in [0.29, 0.717) is 29.2 Å². The van der Waals surface area contributed by atoms with Crippen molar-refractivity contribution in [1.29, 1.82) is 0 Å². The van der Waals surface area contributed by atoms with Crippen molar-refractivity contribution in [3.8, 4) is 11.5 Å². The van der Waals surface area contributed by atoms with Gasteiger partial charge in [-0.3, -0.25) is 14.4 Å². The molecule has 0 spiro atoms. The molecule has 5 rings (SSSR count). The fraction of sp³-hybridized carbons (Fsp3) is 0.417. The lowest BCUT2D eigenvalue weighted by atomic mass is 9.62. The molecule has 0 radical (unpaired) electrons. The number of carbonyl (C=O) groups is 3. The molecule has 2 unspecified atom stereocenters. The largest absolute Gasteiger partial charge is 0.491 e. The third-order valence-corrected chi connectivity index (χ3v) is 8.95. The van der Waals surface area contributed by atoms with Crippen LogP contribution in [0.3, 0.4) is 0 Å². The Bertz CT molecular complexity index is 1460. The highest BCUT2D eigenvalue weighted by Gasteiger charge is 2.55. The summed E-state index contributed by atoms with van der Waals surface area (Å²) in [4.78, 5) is 41.1. The van der Waals surface area contributed by atoms with E-state index in [1.807, 2.05) is 44.2 Å². The van der Waals surface area contributed by atoms with Gasteiger partial charge in [-0.1, -0.05) is 61.4 Å². The molecule has 3 aromatic carbocycles. The topological polar surface area (TPSA) is 84.9 Å². The third-order valence-electron chi connectivity index (χ3n) is 8.95. The van der Waals surface area contributed by atoms with Crippen molar-refractivity contribution < 1.29 is 23.9 Å². The number of carbonyl (C=O) groups excluding carboxylic acids is 3. The van der Waals surface area contributed by atoms with Crippen LogP contribution in [-0.2, 0) is 16.0 Å². The van der Waals surface area contributed by atoms with Crippen LogP contribution in [0, 0.1) is 0 Å². The number of aryl methyl sites for hydroxylation is 1. The quantitative estimate of drug-likeness (QED) is 0.217. The number of esters is 1. The van der Waals surface area contributed by atoms with Crippen LogP contribution in [0.2, 0.25) is 0 Å². The zero-order valence-electron chi connectivity index (χ0n) is 25.6. The first-order valence-electron chi connectivity index (χ1n) is 15.4. The Kier molecular flexibility index (Phi) is 9.19. The molecular weight excluding hydrogens is 540 g/mol. The molecule has 7 nitrogen and oxygen atoms in total. The average molecular weight is 583 g/mol. The fourth-order valence-corrected chi connectivity index (χ4v) is 7.10. The molecule has 1 fully saturated rings. The monoisotopic (exact) mass is 582 g/mol. The highest BCUT2D eigenvalue weighted by Crippen LogP contribution is 2.55. The van der Waals surface area contributed by atoms with Gasteiger partial charge in [0.15, 0.2) is 0 Å². The van der Waals surface area contributed by atoms with E-state index < -0.39 is 11.5 Å². The lowest BCUT2D eigenvalue weighted by Crippen LogP contribution is -2.68. The summed E-state index contributed by atoms with van der Waals surface area (Å²) in [6.07, 6.45) is 6.08. The summed E-state index contributed by atoms with van der Waals surface area (Å²) < 4.78 is 12.3. The van der Waals surface area contributed by atoms with E-state index in [1.54, 1.807) is 23.1 Å². The van der Waals surface area contributed by atoms with Gasteiger partial charge in [-0.05, 0) is 63.6 Å². The number of hydrogen-bond acceptors (Lipinski definition) is 5. The van der Waals surface area contributed by atoms with Gasteiger partial charge in [0, 0.05) is 43.0 Å². The SMILES string of the molecule is CC(=O)N[C@@]12CCCCC1c1c(OC(C)=O)cc(OC(C)CCCc3ccccc3)cc1N(C(=O)c1ccccc1)[C@H]2C. The van der Waals surface area contributed by atoms with Gasteiger partial charge in [0.2, 0.25) is 5.91 Å². The smallest absolute Gasteiger partial charge is 0.308 e. The van der Waals surface area contributed by atoms with Gasteiger partial charge in [-0.15, -0.1) is 0 Å². The van der Waals surface area contributed by atoms with E-state index in [2.05, 4.69) is 29.6 Å². The standard InChI is InChI=1S/C36H42N2O5/c1-24(14-13-17-28-15-7-5-8-16-28)42-30-22-32-34(33(23-30)43-27(4)40)31-20-11-12-21-36(31,37-26(3)39)25(2)38(32)35(41)29-18-9-6-10-19-29/h5-10,15-16,18-19,22-25,31H,11-14,17,20-21H2,1-4H3,(H,37,39)/t24?,25-,31?,36+/m0/s1. The van der Waals surface area contributed by atoms with E-state index in [1.165, 1.54) is 19.4 Å². The van der Waals surface area contributed by atoms with Crippen LogP contribution in [-0.4, -0.2) is 35.5 Å². The Morgan fingerprint density at radius 1 is 1.00 bits per heavy atom. The maximum absolute atomic E-state index is 14.3. The number of rotatable bonds is 9. The number of benzene rings is 3. The molecule has 0 bridgehead atoms. The van der Waals surface area contributed by atoms with Crippen LogP contribution >= 0.6 is 0 Å². The predicted molar refractivity (Wildman–Crippen MR) is 168 cm³/mol. The molecule has 4 atom stereocenters. The molecule has 0 aromatic heterocycles. The van der Waals surface area contributed by atoms with Crippen molar-refractivity contribution in [3.05, 3.63) is 89.5 Å². The number of ether oxygens (including phenoxy) is 2. The molecule has 1 aliphatic carbocycles. The maximum Gasteiger partial charge on any atom is 0.308 e. The Labute approximate surface area is 254 Å². The van der Waals surface area contributed by atoms with Gasteiger partial charge in [-0.2, -0.15) is 0 Å².